The first kappa shape index (κ1) is 22.7. The Morgan fingerprint density at radius 2 is 1.81 bits per heavy atom. The summed E-state index contributed by atoms with van der Waals surface area (Å²) in [6.45, 7) is 0. The molecule has 9 heteroatoms. The van der Waals surface area contributed by atoms with Crippen molar-refractivity contribution >= 4 is 91.4 Å². The van der Waals surface area contributed by atoms with Crippen molar-refractivity contribution in [2.75, 3.05) is 5.32 Å². The topological polar surface area (TPSA) is 54.0 Å². The molecule has 0 aliphatic rings. The lowest BCUT2D eigenvalue weighted by molar-refractivity contribution is -0.115. The first-order valence-electron chi connectivity index (χ1n) is 9.29. The molecule has 4 rings (SSSR count). The molecule has 0 spiro atoms. The molecule has 4 aromatic rings. The molecule has 32 heavy (non-hydrogen) atoms. The van der Waals surface area contributed by atoms with E-state index in [1.54, 1.807) is 41.7 Å². The number of thiazole rings is 1. The maximum Gasteiger partial charge on any atom is 0.250 e. The summed E-state index contributed by atoms with van der Waals surface area (Å²) in [6.07, 6.45) is 2.92. The number of carbonyl (C=O) groups excluding carboxylic acids is 1. The van der Waals surface area contributed by atoms with E-state index in [0.717, 1.165) is 20.8 Å². The third-order valence-electron chi connectivity index (χ3n) is 4.36. The molecule has 0 bridgehead atoms. The smallest absolute Gasteiger partial charge is 0.250 e. The zero-order chi connectivity index (χ0) is 22.7. The lowest BCUT2D eigenvalue weighted by Crippen LogP contribution is -2.32. The highest BCUT2D eigenvalue weighted by Crippen LogP contribution is 2.35. The Hall–Kier alpha value is -2.48. The van der Waals surface area contributed by atoms with E-state index in [0.29, 0.717) is 26.3 Å². The number of rotatable bonds is 4. The van der Waals surface area contributed by atoms with Crippen molar-refractivity contribution in [1.29, 1.82) is 0 Å². The number of nitrogens with zero attached hydrogens (tertiary/aromatic N) is 1. The number of halogens is 3. The Kier molecular flexibility index (Phi) is 7.08. The van der Waals surface area contributed by atoms with Crippen LogP contribution in [0.2, 0.25) is 15.1 Å². The van der Waals surface area contributed by atoms with E-state index in [9.17, 15) is 4.79 Å². The van der Waals surface area contributed by atoms with Gasteiger partial charge in [0, 0.05) is 27.4 Å². The molecule has 0 atom stereocenters. The van der Waals surface area contributed by atoms with E-state index in [-0.39, 0.29) is 5.11 Å². The van der Waals surface area contributed by atoms with Crippen LogP contribution in [0.4, 0.5) is 5.69 Å². The summed E-state index contributed by atoms with van der Waals surface area (Å²) in [5, 5.41) is 8.02. The van der Waals surface area contributed by atoms with E-state index < -0.39 is 5.91 Å². The fourth-order valence-corrected chi connectivity index (χ4v) is 4.89. The molecule has 160 valence electrons. The van der Waals surface area contributed by atoms with Gasteiger partial charge in [0.15, 0.2) is 5.11 Å². The molecule has 3 aromatic carbocycles. The summed E-state index contributed by atoms with van der Waals surface area (Å²) in [5.74, 6) is -0.397. The Morgan fingerprint density at radius 1 is 1.00 bits per heavy atom. The molecule has 2 N–H and O–H groups in total. The van der Waals surface area contributed by atoms with Gasteiger partial charge in [-0.05, 0) is 66.3 Å². The van der Waals surface area contributed by atoms with Crippen molar-refractivity contribution in [1.82, 2.24) is 10.3 Å². The van der Waals surface area contributed by atoms with Crippen LogP contribution in [0.3, 0.4) is 0 Å². The highest BCUT2D eigenvalue weighted by molar-refractivity contribution is 7.80. The Balaban J connectivity index is 1.40. The Bertz CT molecular complexity index is 1330. The van der Waals surface area contributed by atoms with Crippen LogP contribution in [-0.2, 0) is 4.79 Å². The van der Waals surface area contributed by atoms with Gasteiger partial charge in [-0.3, -0.25) is 10.1 Å². The summed E-state index contributed by atoms with van der Waals surface area (Å²) in [6, 6.07) is 18.4. The molecular formula is C23H14Cl3N3OS2. The van der Waals surface area contributed by atoms with Crippen LogP contribution in [0.25, 0.3) is 26.9 Å². The van der Waals surface area contributed by atoms with Gasteiger partial charge in [0.1, 0.15) is 5.01 Å². The molecule has 1 heterocycles. The van der Waals surface area contributed by atoms with Gasteiger partial charge < -0.3 is 5.32 Å². The van der Waals surface area contributed by atoms with Gasteiger partial charge in [-0.2, -0.15) is 0 Å². The fraction of sp³-hybridized carbons (Fsp3) is 0. The highest BCUT2D eigenvalue weighted by atomic mass is 35.5. The average Bonchev–Trinajstić information content (AvgIpc) is 3.17. The minimum Gasteiger partial charge on any atom is -0.332 e. The van der Waals surface area contributed by atoms with Crippen molar-refractivity contribution in [3.05, 3.63) is 87.4 Å². The number of anilines is 1. The van der Waals surface area contributed by atoms with E-state index in [4.69, 9.17) is 47.0 Å². The summed E-state index contributed by atoms with van der Waals surface area (Å²) < 4.78 is 1.10. The predicted molar refractivity (Wildman–Crippen MR) is 140 cm³/mol. The number of hydrogen-bond donors (Lipinski definition) is 2. The molecule has 0 unspecified atom stereocenters. The van der Waals surface area contributed by atoms with Crippen LogP contribution in [0.1, 0.15) is 5.56 Å². The molecule has 1 amide bonds. The molecule has 0 radical (unpaired) electrons. The van der Waals surface area contributed by atoms with Crippen LogP contribution in [0.5, 0.6) is 0 Å². The molecular weight excluding hydrogens is 505 g/mol. The zero-order valence-corrected chi connectivity index (χ0v) is 20.1. The number of nitrogens with one attached hydrogen (secondary N) is 2. The van der Waals surface area contributed by atoms with Gasteiger partial charge >= 0.3 is 0 Å². The molecule has 0 aliphatic heterocycles. The normalized spacial score (nSPS) is 11.1. The quantitative estimate of drug-likeness (QED) is 0.218. The van der Waals surface area contributed by atoms with Gasteiger partial charge in [0.2, 0.25) is 5.91 Å². The van der Waals surface area contributed by atoms with Gasteiger partial charge in [-0.15, -0.1) is 11.3 Å². The van der Waals surface area contributed by atoms with Crippen LogP contribution in [0.15, 0.2) is 66.7 Å². The van der Waals surface area contributed by atoms with Gasteiger partial charge in [-0.25, -0.2) is 4.98 Å². The van der Waals surface area contributed by atoms with Gasteiger partial charge in [0.05, 0.1) is 15.2 Å². The number of para-hydroxylation sites is 1. The maximum atomic E-state index is 12.2. The number of thiocarbonyl (C=S) groups is 1. The maximum absolute atomic E-state index is 12.2. The highest BCUT2D eigenvalue weighted by Gasteiger charge is 2.11. The molecule has 0 saturated carbocycles. The first-order chi connectivity index (χ1) is 15.4. The van der Waals surface area contributed by atoms with Crippen molar-refractivity contribution in [2.24, 2.45) is 0 Å². The monoisotopic (exact) mass is 517 g/mol. The van der Waals surface area contributed by atoms with Crippen molar-refractivity contribution in [2.45, 2.75) is 0 Å². The van der Waals surface area contributed by atoms with E-state index in [1.165, 1.54) is 6.08 Å². The minimum atomic E-state index is -0.397. The van der Waals surface area contributed by atoms with Crippen molar-refractivity contribution in [3.63, 3.8) is 0 Å². The molecule has 4 nitrogen and oxygen atoms in total. The van der Waals surface area contributed by atoms with Gasteiger partial charge in [0.25, 0.3) is 0 Å². The second-order valence-electron chi connectivity index (χ2n) is 6.62. The summed E-state index contributed by atoms with van der Waals surface area (Å²) in [4.78, 5) is 16.8. The first-order valence-corrected chi connectivity index (χ1v) is 11.7. The Morgan fingerprint density at radius 3 is 2.56 bits per heavy atom. The molecule has 0 fully saturated rings. The average molecular weight is 519 g/mol. The van der Waals surface area contributed by atoms with Crippen molar-refractivity contribution < 1.29 is 4.79 Å². The lowest BCUT2D eigenvalue weighted by Gasteiger charge is -2.10. The Labute approximate surface area is 208 Å². The number of aromatic nitrogens is 1. The SMILES string of the molecule is O=C(/C=C/c1ccc(Cl)cc1Cl)NC(=S)Nc1ccc(-c2nc3ccccc3s2)c(Cl)c1. The fourth-order valence-electron chi connectivity index (χ4n) is 2.87. The minimum absolute atomic E-state index is 0.144. The van der Waals surface area contributed by atoms with Gasteiger partial charge in [-0.1, -0.05) is 53.0 Å². The largest absolute Gasteiger partial charge is 0.332 e. The van der Waals surface area contributed by atoms with E-state index in [2.05, 4.69) is 15.6 Å². The second kappa shape index (κ2) is 9.98. The second-order valence-corrected chi connectivity index (χ2v) is 9.31. The summed E-state index contributed by atoms with van der Waals surface area (Å²) >= 11 is 25.3. The predicted octanol–water partition coefficient (Wildman–Crippen LogP) is 7.45. The number of fused-ring (bicyclic) bond motifs is 1. The summed E-state index contributed by atoms with van der Waals surface area (Å²) in [5.41, 5.74) is 3.08. The summed E-state index contributed by atoms with van der Waals surface area (Å²) in [7, 11) is 0. The number of hydrogen-bond acceptors (Lipinski definition) is 4. The molecule has 0 saturated heterocycles. The lowest BCUT2D eigenvalue weighted by atomic mass is 10.2. The van der Waals surface area contributed by atoms with Crippen molar-refractivity contribution in [3.8, 4) is 10.6 Å². The molecule has 1 aromatic heterocycles. The molecule has 0 aliphatic carbocycles. The van der Waals surface area contributed by atoms with Crippen LogP contribution in [-0.4, -0.2) is 16.0 Å². The van der Waals surface area contributed by atoms with Crippen LogP contribution in [0, 0.1) is 0 Å². The van der Waals surface area contributed by atoms with Crippen LogP contribution < -0.4 is 10.6 Å². The van der Waals surface area contributed by atoms with E-state index in [1.807, 2.05) is 36.4 Å². The number of benzene rings is 3. The third kappa shape index (κ3) is 5.46. The number of carbonyl (C=O) groups is 1. The van der Waals surface area contributed by atoms with E-state index >= 15 is 0 Å². The number of amides is 1. The van der Waals surface area contributed by atoms with Crippen LogP contribution >= 0.6 is 58.4 Å². The zero-order valence-electron chi connectivity index (χ0n) is 16.2. The standard InChI is InChI=1S/C23H14Cl3N3OS2/c24-14-7-5-13(17(25)11-14)6-10-21(30)29-23(31)27-15-8-9-16(18(26)12-15)22-28-19-3-1-2-4-20(19)32-22/h1-12H,(H2,27,29,30,31)/b10-6+. The third-order valence-corrected chi connectivity index (χ3v) is 6.51.